The molecule has 2 aromatic rings. The molecule has 102 valence electrons. The van der Waals surface area contributed by atoms with Crippen molar-refractivity contribution in [1.82, 2.24) is 4.90 Å². The number of nitrogens with zero attached hydrogens (tertiary/aromatic N) is 1. The summed E-state index contributed by atoms with van der Waals surface area (Å²) in [6.07, 6.45) is 0. The number of rotatable bonds is 5. The first-order chi connectivity index (χ1) is 9.10. The molecule has 0 aliphatic rings. The lowest BCUT2D eigenvalue weighted by Gasteiger charge is -2.15. The maximum atomic E-state index is 6.16. The summed E-state index contributed by atoms with van der Waals surface area (Å²) in [7, 11) is 2.04. The molecule has 3 nitrogen and oxygen atoms in total. The second-order valence-electron chi connectivity index (χ2n) is 4.76. The Balaban J connectivity index is 2.01. The van der Waals surface area contributed by atoms with Crippen LogP contribution in [0, 0.1) is 6.92 Å². The fourth-order valence-electron chi connectivity index (χ4n) is 2.11. The number of halogens is 1. The highest BCUT2D eigenvalue weighted by Crippen LogP contribution is 2.19. The fourth-order valence-corrected chi connectivity index (χ4v) is 2.30. The molecule has 0 bridgehead atoms. The van der Waals surface area contributed by atoms with Gasteiger partial charge >= 0.3 is 0 Å². The van der Waals surface area contributed by atoms with E-state index in [0.29, 0.717) is 6.54 Å². The topological polar surface area (TPSA) is 42.4 Å². The minimum Gasteiger partial charge on any atom is -0.465 e. The normalized spacial score (nSPS) is 11.2. The number of nitrogens with two attached hydrogens (primary N) is 1. The predicted molar refractivity (Wildman–Crippen MR) is 78.0 cm³/mol. The van der Waals surface area contributed by atoms with Crippen LogP contribution >= 0.6 is 11.6 Å². The van der Waals surface area contributed by atoms with Gasteiger partial charge in [-0.1, -0.05) is 29.8 Å². The Labute approximate surface area is 119 Å². The van der Waals surface area contributed by atoms with Crippen molar-refractivity contribution in [3.05, 3.63) is 58.0 Å². The van der Waals surface area contributed by atoms with Crippen molar-refractivity contribution in [3.8, 4) is 0 Å². The first-order valence-electron chi connectivity index (χ1n) is 6.30. The lowest BCUT2D eigenvalue weighted by Crippen LogP contribution is -2.17. The highest BCUT2D eigenvalue weighted by Gasteiger charge is 2.09. The molecule has 0 radical (unpaired) electrons. The molecule has 2 N–H and O–H groups in total. The van der Waals surface area contributed by atoms with Crippen LogP contribution in [-0.2, 0) is 19.6 Å². The average Bonchev–Trinajstić information content (AvgIpc) is 2.72. The van der Waals surface area contributed by atoms with Crippen molar-refractivity contribution in [3.63, 3.8) is 0 Å². The molecule has 0 unspecified atom stereocenters. The molecule has 0 aliphatic heterocycles. The molecule has 0 saturated heterocycles. The van der Waals surface area contributed by atoms with Gasteiger partial charge in [-0.05, 0) is 31.7 Å². The maximum Gasteiger partial charge on any atom is 0.118 e. The maximum absolute atomic E-state index is 6.16. The molecule has 0 spiro atoms. The smallest absolute Gasteiger partial charge is 0.118 e. The third kappa shape index (κ3) is 3.60. The Hall–Kier alpha value is -1.29. The summed E-state index contributed by atoms with van der Waals surface area (Å²) in [6, 6.07) is 9.91. The predicted octanol–water partition coefficient (Wildman–Crippen LogP) is 3.33. The minimum absolute atomic E-state index is 0.517. The SMILES string of the molecule is Cc1oc(CN(C)Cc2ccccc2Cl)cc1CN. The molecule has 19 heavy (non-hydrogen) atoms. The van der Waals surface area contributed by atoms with E-state index in [4.69, 9.17) is 21.8 Å². The highest BCUT2D eigenvalue weighted by atomic mass is 35.5. The zero-order chi connectivity index (χ0) is 13.8. The molecule has 2 rings (SSSR count). The summed E-state index contributed by atoms with van der Waals surface area (Å²) in [5.74, 6) is 1.84. The number of benzene rings is 1. The molecule has 1 aromatic carbocycles. The summed E-state index contributed by atoms with van der Waals surface area (Å²) < 4.78 is 5.69. The van der Waals surface area contributed by atoms with Crippen LogP contribution in [0.25, 0.3) is 0 Å². The Morgan fingerprint density at radius 3 is 2.58 bits per heavy atom. The van der Waals surface area contributed by atoms with Gasteiger partial charge in [-0.2, -0.15) is 0 Å². The largest absolute Gasteiger partial charge is 0.465 e. The summed E-state index contributed by atoms with van der Waals surface area (Å²) in [6.45, 7) is 3.99. The van der Waals surface area contributed by atoms with Gasteiger partial charge in [0, 0.05) is 23.7 Å². The quantitative estimate of drug-likeness (QED) is 0.912. The van der Waals surface area contributed by atoms with E-state index in [1.54, 1.807) is 0 Å². The van der Waals surface area contributed by atoms with E-state index in [2.05, 4.69) is 4.90 Å². The molecule has 0 amide bonds. The van der Waals surface area contributed by atoms with Crippen LogP contribution in [0.15, 0.2) is 34.7 Å². The number of hydrogen-bond acceptors (Lipinski definition) is 3. The summed E-state index contributed by atoms with van der Waals surface area (Å²) >= 11 is 6.16. The second kappa shape index (κ2) is 6.24. The standard InChI is InChI=1S/C15H19ClN2O/c1-11-13(8-17)7-14(19-11)10-18(2)9-12-5-3-4-6-15(12)16/h3-7H,8-10,17H2,1-2H3. The van der Waals surface area contributed by atoms with Crippen LogP contribution < -0.4 is 5.73 Å². The van der Waals surface area contributed by atoms with Crippen molar-refractivity contribution >= 4 is 11.6 Å². The van der Waals surface area contributed by atoms with Gasteiger partial charge in [0.05, 0.1) is 6.54 Å². The van der Waals surface area contributed by atoms with E-state index in [9.17, 15) is 0 Å². The van der Waals surface area contributed by atoms with Crippen LogP contribution in [0.2, 0.25) is 5.02 Å². The monoisotopic (exact) mass is 278 g/mol. The Bertz CT molecular complexity index is 551. The van der Waals surface area contributed by atoms with Crippen molar-refractivity contribution < 1.29 is 4.42 Å². The van der Waals surface area contributed by atoms with E-state index >= 15 is 0 Å². The third-order valence-electron chi connectivity index (χ3n) is 3.12. The Kier molecular flexibility index (Phi) is 4.64. The summed E-state index contributed by atoms with van der Waals surface area (Å²) in [5.41, 5.74) is 7.84. The van der Waals surface area contributed by atoms with Crippen molar-refractivity contribution in [2.75, 3.05) is 7.05 Å². The van der Waals surface area contributed by atoms with Gasteiger partial charge in [0.2, 0.25) is 0 Å². The molecular weight excluding hydrogens is 260 g/mol. The zero-order valence-corrected chi connectivity index (χ0v) is 12.1. The Morgan fingerprint density at radius 1 is 1.21 bits per heavy atom. The van der Waals surface area contributed by atoms with Crippen LogP contribution in [-0.4, -0.2) is 11.9 Å². The van der Waals surface area contributed by atoms with Crippen LogP contribution in [0.5, 0.6) is 0 Å². The number of furan rings is 1. The molecule has 1 heterocycles. The van der Waals surface area contributed by atoms with E-state index in [-0.39, 0.29) is 0 Å². The minimum atomic E-state index is 0.517. The number of hydrogen-bond donors (Lipinski definition) is 1. The summed E-state index contributed by atoms with van der Waals surface area (Å²) in [5, 5.41) is 0.799. The van der Waals surface area contributed by atoms with Crippen molar-refractivity contribution in [1.29, 1.82) is 0 Å². The number of aryl methyl sites for hydroxylation is 1. The van der Waals surface area contributed by atoms with E-state index in [1.807, 2.05) is 44.3 Å². The van der Waals surface area contributed by atoms with E-state index in [0.717, 1.165) is 40.8 Å². The molecule has 0 fully saturated rings. The fraction of sp³-hybridized carbons (Fsp3) is 0.333. The van der Waals surface area contributed by atoms with Crippen molar-refractivity contribution in [2.45, 2.75) is 26.6 Å². The molecule has 0 saturated carbocycles. The van der Waals surface area contributed by atoms with Crippen LogP contribution in [0.1, 0.15) is 22.6 Å². The molecular formula is C15H19ClN2O. The first-order valence-corrected chi connectivity index (χ1v) is 6.68. The highest BCUT2D eigenvalue weighted by molar-refractivity contribution is 6.31. The van der Waals surface area contributed by atoms with Crippen molar-refractivity contribution in [2.24, 2.45) is 5.73 Å². The average molecular weight is 279 g/mol. The zero-order valence-electron chi connectivity index (χ0n) is 11.3. The van der Waals surface area contributed by atoms with E-state index < -0.39 is 0 Å². The third-order valence-corrected chi connectivity index (χ3v) is 3.48. The van der Waals surface area contributed by atoms with Gasteiger partial charge in [0.25, 0.3) is 0 Å². The molecule has 4 heteroatoms. The lowest BCUT2D eigenvalue weighted by molar-refractivity contribution is 0.285. The van der Waals surface area contributed by atoms with Gasteiger partial charge in [0.15, 0.2) is 0 Å². The van der Waals surface area contributed by atoms with Gasteiger partial charge in [-0.25, -0.2) is 0 Å². The summed E-state index contributed by atoms with van der Waals surface area (Å²) in [4.78, 5) is 2.17. The van der Waals surface area contributed by atoms with Gasteiger partial charge in [-0.3, -0.25) is 4.90 Å². The van der Waals surface area contributed by atoms with E-state index in [1.165, 1.54) is 0 Å². The van der Waals surface area contributed by atoms with Crippen LogP contribution in [0.4, 0.5) is 0 Å². The molecule has 1 aromatic heterocycles. The molecule has 0 aliphatic carbocycles. The molecule has 0 atom stereocenters. The van der Waals surface area contributed by atoms with Gasteiger partial charge in [-0.15, -0.1) is 0 Å². The van der Waals surface area contributed by atoms with Crippen LogP contribution in [0.3, 0.4) is 0 Å². The van der Waals surface area contributed by atoms with Gasteiger partial charge < -0.3 is 10.2 Å². The Morgan fingerprint density at radius 2 is 1.95 bits per heavy atom. The first kappa shape index (κ1) is 14.1. The second-order valence-corrected chi connectivity index (χ2v) is 5.17. The lowest BCUT2D eigenvalue weighted by atomic mass is 10.2. The van der Waals surface area contributed by atoms with Gasteiger partial charge in [0.1, 0.15) is 11.5 Å².